The Labute approximate surface area is 199 Å². The topological polar surface area (TPSA) is 97.5 Å². The Morgan fingerprint density at radius 1 is 1.12 bits per heavy atom. The van der Waals surface area contributed by atoms with Crippen LogP contribution in [0.25, 0.3) is 11.3 Å². The van der Waals surface area contributed by atoms with Gasteiger partial charge in [-0.15, -0.1) is 0 Å². The molecule has 1 aliphatic heterocycles. The molecular weight excluding hydrogens is 466 g/mol. The van der Waals surface area contributed by atoms with Crippen molar-refractivity contribution in [2.24, 2.45) is 5.73 Å². The van der Waals surface area contributed by atoms with Crippen molar-refractivity contribution >= 4 is 35.1 Å². The first-order valence-corrected chi connectivity index (χ1v) is 10.9. The van der Waals surface area contributed by atoms with Crippen molar-refractivity contribution in [2.75, 3.05) is 11.4 Å². The lowest BCUT2D eigenvalue weighted by Crippen LogP contribution is -2.33. The molecule has 0 unspecified atom stereocenters. The van der Waals surface area contributed by atoms with Crippen LogP contribution in [0.2, 0.25) is 5.02 Å². The van der Waals surface area contributed by atoms with Crippen molar-refractivity contribution in [1.29, 1.82) is 0 Å². The second kappa shape index (κ2) is 10.1. The summed E-state index contributed by atoms with van der Waals surface area (Å²) in [5, 5.41) is 3.43. The van der Waals surface area contributed by atoms with E-state index in [0.717, 1.165) is 25.1 Å². The minimum Gasteiger partial charge on any atom is -0.460 e. The fourth-order valence-corrected chi connectivity index (χ4v) is 4.04. The highest BCUT2D eigenvalue weighted by atomic mass is 35.5. The average molecular weight is 487 g/mol. The Morgan fingerprint density at radius 2 is 1.82 bits per heavy atom. The molecule has 10 heteroatoms. The second-order valence-corrected chi connectivity index (χ2v) is 8.05. The fraction of sp³-hybridized carbons (Fsp3) is 0.208. The van der Waals surface area contributed by atoms with E-state index < -0.39 is 23.4 Å². The van der Waals surface area contributed by atoms with Crippen molar-refractivity contribution in [1.82, 2.24) is 10.3 Å². The first kappa shape index (κ1) is 23.6. The fourth-order valence-electron chi connectivity index (χ4n) is 3.81. The summed E-state index contributed by atoms with van der Waals surface area (Å²) in [5.41, 5.74) is 6.19. The molecule has 0 radical (unpaired) electrons. The van der Waals surface area contributed by atoms with Crippen molar-refractivity contribution in [2.45, 2.75) is 25.5 Å². The summed E-state index contributed by atoms with van der Waals surface area (Å²) in [6.45, 7) is 0.659. The number of primary amides is 1. The number of ether oxygens (including phenoxy) is 1. The molecule has 4 rings (SSSR count). The molecule has 34 heavy (non-hydrogen) atoms. The van der Waals surface area contributed by atoms with Crippen LogP contribution in [0.1, 0.15) is 18.4 Å². The van der Waals surface area contributed by atoms with Crippen molar-refractivity contribution in [3.05, 3.63) is 76.8 Å². The van der Waals surface area contributed by atoms with E-state index in [2.05, 4.69) is 10.3 Å². The summed E-state index contributed by atoms with van der Waals surface area (Å²) in [5.74, 6) is -2.41. The molecule has 0 bridgehead atoms. The number of carbonyl (C=O) groups is 2. The van der Waals surface area contributed by atoms with E-state index in [0.29, 0.717) is 33.2 Å². The number of nitrogens with two attached hydrogens (primary N) is 1. The molecular formula is C24H21ClF2N4O3. The van der Waals surface area contributed by atoms with E-state index in [-0.39, 0.29) is 24.4 Å². The zero-order valence-electron chi connectivity index (χ0n) is 17.9. The zero-order chi connectivity index (χ0) is 24.2. The van der Waals surface area contributed by atoms with E-state index in [9.17, 15) is 18.4 Å². The lowest BCUT2D eigenvalue weighted by Gasteiger charge is -2.21. The number of pyridine rings is 1. The molecule has 0 saturated carbocycles. The Bertz CT molecular complexity index is 1210. The van der Waals surface area contributed by atoms with E-state index >= 15 is 0 Å². The first-order valence-electron chi connectivity index (χ1n) is 10.5. The van der Waals surface area contributed by atoms with Crippen LogP contribution < -0.4 is 16.0 Å². The molecule has 0 spiro atoms. The Kier molecular flexibility index (Phi) is 7.04. The van der Waals surface area contributed by atoms with Gasteiger partial charge >= 0.3 is 12.0 Å². The predicted molar refractivity (Wildman–Crippen MR) is 124 cm³/mol. The van der Waals surface area contributed by atoms with Gasteiger partial charge in [0, 0.05) is 16.1 Å². The van der Waals surface area contributed by atoms with Crippen LogP contribution in [-0.4, -0.2) is 29.6 Å². The maximum atomic E-state index is 14.4. The van der Waals surface area contributed by atoms with Gasteiger partial charge in [0.05, 0.1) is 5.69 Å². The largest absolute Gasteiger partial charge is 0.460 e. The Balaban J connectivity index is 1.69. The Morgan fingerprint density at radius 3 is 2.50 bits per heavy atom. The van der Waals surface area contributed by atoms with E-state index in [1.807, 2.05) is 0 Å². The number of para-hydroxylation sites is 1. The number of amides is 2. The van der Waals surface area contributed by atoms with Gasteiger partial charge < -0.3 is 15.8 Å². The number of nitrogens with one attached hydrogen (secondary N) is 1. The van der Waals surface area contributed by atoms with Crippen LogP contribution in [0, 0.1) is 11.6 Å². The SMILES string of the molecule is NC(=O)N(c1cccc(-c2cccc(Cl)c2COC(=O)[C@@H]2CCCN2)n1)c1c(F)cccc1F. The van der Waals surface area contributed by atoms with Gasteiger partial charge in [-0.05, 0) is 49.7 Å². The molecule has 1 aliphatic rings. The second-order valence-electron chi connectivity index (χ2n) is 7.65. The van der Waals surface area contributed by atoms with Gasteiger partial charge in [-0.3, -0.25) is 4.79 Å². The van der Waals surface area contributed by atoms with E-state index in [1.54, 1.807) is 30.3 Å². The van der Waals surface area contributed by atoms with Gasteiger partial charge in [0.15, 0.2) is 0 Å². The maximum absolute atomic E-state index is 14.4. The summed E-state index contributed by atoms with van der Waals surface area (Å²) < 4.78 is 34.3. The summed E-state index contributed by atoms with van der Waals surface area (Å²) in [6.07, 6.45) is 1.60. The number of benzene rings is 2. The lowest BCUT2D eigenvalue weighted by molar-refractivity contribution is -0.147. The number of aromatic nitrogens is 1. The third-order valence-electron chi connectivity index (χ3n) is 5.44. The molecule has 1 aromatic heterocycles. The van der Waals surface area contributed by atoms with Gasteiger partial charge in [-0.25, -0.2) is 23.5 Å². The normalized spacial score (nSPS) is 15.2. The third kappa shape index (κ3) is 4.85. The van der Waals surface area contributed by atoms with Crippen LogP contribution >= 0.6 is 11.6 Å². The first-order chi connectivity index (χ1) is 16.4. The predicted octanol–water partition coefficient (Wildman–Crippen LogP) is 4.69. The molecule has 176 valence electrons. The van der Waals surface area contributed by atoms with Crippen LogP contribution in [0.4, 0.5) is 25.1 Å². The molecule has 0 aliphatic carbocycles. The number of urea groups is 1. The molecule has 3 aromatic rings. The standard InChI is InChI=1S/C24H21ClF2N4O3/c25-16-6-1-5-14(15(16)13-34-23(32)20-10-4-12-29-20)19-9-3-11-21(30-19)31(24(28)33)22-17(26)7-2-8-18(22)27/h1-3,5-9,11,20,29H,4,10,12-13H2,(H2,28,33)/t20-/m0/s1. The molecule has 1 atom stereocenters. The van der Waals surface area contributed by atoms with Gasteiger partial charge in [-0.1, -0.05) is 35.9 Å². The summed E-state index contributed by atoms with van der Waals surface area (Å²) in [7, 11) is 0. The van der Waals surface area contributed by atoms with Crippen LogP contribution in [-0.2, 0) is 16.1 Å². The highest BCUT2D eigenvalue weighted by Crippen LogP contribution is 2.33. The minimum absolute atomic E-state index is 0.0907. The number of hydrogen-bond donors (Lipinski definition) is 2. The van der Waals surface area contributed by atoms with Gasteiger partial charge in [0.1, 0.15) is 35.8 Å². The molecule has 1 saturated heterocycles. The number of esters is 1. The summed E-state index contributed by atoms with van der Waals surface area (Å²) in [4.78, 5) is 29.6. The lowest BCUT2D eigenvalue weighted by atomic mass is 10.0. The maximum Gasteiger partial charge on any atom is 0.325 e. The van der Waals surface area contributed by atoms with Crippen molar-refractivity contribution < 1.29 is 23.1 Å². The molecule has 7 nitrogen and oxygen atoms in total. The van der Waals surface area contributed by atoms with Crippen LogP contribution in [0.15, 0.2) is 54.6 Å². The molecule has 1 fully saturated rings. The van der Waals surface area contributed by atoms with Crippen molar-refractivity contribution in [3.63, 3.8) is 0 Å². The number of hydrogen-bond acceptors (Lipinski definition) is 5. The number of rotatable bonds is 6. The minimum atomic E-state index is -1.11. The van der Waals surface area contributed by atoms with Gasteiger partial charge in [-0.2, -0.15) is 0 Å². The molecule has 2 amide bonds. The van der Waals surface area contributed by atoms with Gasteiger partial charge in [0.2, 0.25) is 0 Å². The highest BCUT2D eigenvalue weighted by Gasteiger charge is 2.26. The number of anilines is 2. The number of halogens is 3. The average Bonchev–Trinajstić information content (AvgIpc) is 3.35. The monoisotopic (exact) mass is 486 g/mol. The Hall–Kier alpha value is -3.56. The number of carbonyl (C=O) groups excluding carboxylic acids is 2. The van der Waals surface area contributed by atoms with E-state index in [1.165, 1.54) is 12.1 Å². The highest BCUT2D eigenvalue weighted by molar-refractivity contribution is 6.31. The molecule has 2 heterocycles. The van der Waals surface area contributed by atoms with Crippen LogP contribution in [0.3, 0.4) is 0 Å². The quantitative estimate of drug-likeness (QED) is 0.492. The number of nitrogens with zero attached hydrogens (tertiary/aromatic N) is 2. The summed E-state index contributed by atoms with van der Waals surface area (Å²) >= 11 is 6.39. The molecule has 2 aromatic carbocycles. The zero-order valence-corrected chi connectivity index (χ0v) is 18.7. The smallest absolute Gasteiger partial charge is 0.325 e. The third-order valence-corrected chi connectivity index (χ3v) is 5.80. The van der Waals surface area contributed by atoms with Crippen LogP contribution in [0.5, 0.6) is 0 Å². The summed E-state index contributed by atoms with van der Waals surface area (Å²) in [6, 6.07) is 11.4. The van der Waals surface area contributed by atoms with Gasteiger partial charge in [0.25, 0.3) is 0 Å². The van der Waals surface area contributed by atoms with E-state index in [4.69, 9.17) is 22.1 Å². The molecule has 3 N–H and O–H groups in total. The van der Waals surface area contributed by atoms with Crippen molar-refractivity contribution in [3.8, 4) is 11.3 Å².